The van der Waals surface area contributed by atoms with Crippen molar-refractivity contribution in [1.29, 1.82) is 0 Å². The van der Waals surface area contributed by atoms with E-state index in [9.17, 15) is 9.59 Å². The Morgan fingerprint density at radius 1 is 0.941 bits per heavy atom. The van der Waals surface area contributed by atoms with E-state index in [1.54, 1.807) is 0 Å². The number of hydrogen-bond donors (Lipinski definition) is 0. The minimum atomic E-state index is -0.702. The predicted octanol–water partition coefficient (Wildman–Crippen LogP) is 2.52. The fourth-order valence-electron chi connectivity index (χ4n) is 3.58. The van der Waals surface area contributed by atoms with Gasteiger partial charge in [-0.1, -0.05) is 36.1 Å². The number of ether oxygens (including phenoxy) is 1. The third-order valence-corrected chi connectivity index (χ3v) is 4.65. The van der Waals surface area contributed by atoms with Crippen LogP contribution in [0.5, 0.6) is 0 Å². The van der Waals surface area contributed by atoms with Gasteiger partial charge in [-0.25, -0.2) is 0 Å². The van der Waals surface area contributed by atoms with E-state index in [-0.39, 0.29) is 11.9 Å². The van der Waals surface area contributed by atoms with E-state index >= 15 is 0 Å². The maximum absolute atomic E-state index is 12.1. The smallest absolute Gasteiger partial charge is 0.325 e. The summed E-state index contributed by atoms with van der Waals surface area (Å²) >= 11 is 0. The molecular formula is C14H16O3. The maximum atomic E-state index is 12.1. The molecule has 0 aromatic carbocycles. The molecule has 0 spiro atoms. The van der Waals surface area contributed by atoms with Gasteiger partial charge in [0.15, 0.2) is 0 Å². The first-order valence-electron chi connectivity index (χ1n) is 6.18. The summed E-state index contributed by atoms with van der Waals surface area (Å²) in [7, 11) is 0. The summed E-state index contributed by atoms with van der Waals surface area (Å²) in [5.74, 6) is -0.685. The molecule has 3 aliphatic rings. The molecule has 90 valence electrons. The summed E-state index contributed by atoms with van der Waals surface area (Å²) < 4.78 is 4.97. The van der Waals surface area contributed by atoms with E-state index in [0.717, 1.165) is 36.8 Å². The van der Waals surface area contributed by atoms with E-state index < -0.39 is 10.8 Å². The standard InChI is InChI=1S/C14H16O3/c1-9-7-13-5-3-4-6-14(13,8-10(9)2)12(16)17-11(13)15/h7-8H,3-6H2,1-2H3. The molecule has 3 rings (SSSR count). The first kappa shape index (κ1) is 10.8. The zero-order chi connectivity index (χ0) is 12.3. The normalized spacial score (nSPS) is 40.1. The highest BCUT2D eigenvalue weighted by Crippen LogP contribution is 2.60. The van der Waals surface area contributed by atoms with Crippen LogP contribution in [-0.2, 0) is 14.3 Å². The Morgan fingerprint density at radius 2 is 1.35 bits per heavy atom. The lowest BCUT2D eigenvalue weighted by Gasteiger charge is -2.43. The molecule has 3 heteroatoms. The molecular weight excluding hydrogens is 216 g/mol. The average Bonchev–Trinajstić information content (AvgIpc) is 2.50. The number of esters is 2. The molecule has 2 aliphatic carbocycles. The summed E-state index contributed by atoms with van der Waals surface area (Å²) in [6, 6.07) is 0. The monoisotopic (exact) mass is 232 g/mol. The highest BCUT2D eigenvalue weighted by atomic mass is 16.6. The van der Waals surface area contributed by atoms with Crippen LogP contribution in [0.4, 0.5) is 0 Å². The molecule has 2 unspecified atom stereocenters. The van der Waals surface area contributed by atoms with Gasteiger partial charge in [0.05, 0.1) is 0 Å². The van der Waals surface area contributed by atoms with E-state index in [0.29, 0.717) is 0 Å². The first-order valence-corrected chi connectivity index (χ1v) is 6.18. The molecule has 1 saturated carbocycles. The highest BCUT2D eigenvalue weighted by Gasteiger charge is 2.67. The lowest BCUT2D eigenvalue weighted by Crippen LogP contribution is -2.46. The molecule has 2 atom stereocenters. The van der Waals surface area contributed by atoms with Crippen LogP contribution in [0.2, 0.25) is 0 Å². The van der Waals surface area contributed by atoms with E-state index in [4.69, 9.17) is 4.74 Å². The van der Waals surface area contributed by atoms with Crippen LogP contribution in [0.25, 0.3) is 0 Å². The molecule has 0 bridgehead atoms. The second-order valence-corrected chi connectivity index (χ2v) is 5.48. The van der Waals surface area contributed by atoms with Gasteiger partial charge in [0.1, 0.15) is 10.8 Å². The second kappa shape index (κ2) is 3.09. The zero-order valence-corrected chi connectivity index (χ0v) is 10.2. The lowest BCUT2D eigenvalue weighted by atomic mass is 9.54. The second-order valence-electron chi connectivity index (χ2n) is 5.48. The third-order valence-electron chi connectivity index (χ3n) is 4.65. The molecule has 1 saturated heterocycles. The number of hydrogen-bond acceptors (Lipinski definition) is 3. The SMILES string of the molecule is CC1=CC23CCCCC2(C=C1C)C(=O)OC3=O. The average molecular weight is 232 g/mol. The van der Waals surface area contributed by atoms with E-state index in [1.165, 1.54) is 0 Å². The van der Waals surface area contributed by atoms with Gasteiger partial charge in [0.2, 0.25) is 0 Å². The molecule has 0 aromatic heterocycles. The van der Waals surface area contributed by atoms with Crippen LogP contribution in [0, 0.1) is 10.8 Å². The molecule has 2 fully saturated rings. The minimum absolute atomic E-state index is 0.342. The molecule has 0 radical (unpaired) electrons. The number of carbonyl (C=O) groups is 2. The van der Waals surface area contributed by atoms with E-state index in [2.05, 4.69) is 0 Å². The van der Waals surface area contributed by atoms with Crippen LogP contribution in [0.15, 0.2) is 23.3 Å². The van der Waals surface area contributed by atoms with Crippen LogP contribution in [0.3, 0.4) is 0 Å². The van der Waals surface area contributed by atoms with Gasteiger partial charge in [0, 0.05) is 0 Å². The topological polar surface area (TPSA) is 43.4 Å². The van der Waals surface area contributed by atoms with Crippen molar-refractivity contribution in [3.8, 4) is 0 Å². The Balaban J connectivity index is 2.26. The molecule has 1 aliphatic heterocycles. The van der Waals surface area contributed by atoms with E-state index in [1.807, 2.05) is 26.0 Å². The van der Waals surface area contributed by atoms with Crippen molar-refractivity contribution >= 4 is 11.9 Å². The Bertz CT molecular complexity index is 442. The van der Waals surface area contributed by atoms with Gasteiger partial charge in [-0.2, -0.15) is 0 Å². The minimum Gasteiger partial charge on any atom is -0.392 e. The Morgan fingerprint density at radius 3 is 1.76 bits per heavy atom. The predicted molar refractivity (Wildman–Crippen MR) is 61.9 cm³/mol. The Kier molecular flexibility index (Phi) is 1.96. The summed E-state index contributed by atoms with van der Waals surface area (Å²) in [5, 5.41) is 0. The van der Waals surface area contributed by atoms with Crippen molar-refractivity contribution in [1.82, 2.24) is 0 Å². The van der Waals surface area contributed by atoms with Crippen molar-refractivity contribution in [3.05, 3.63) is 23.3 Å². The third kappa shape index (κ3) is 1.07. The van der Waals surface area contributed by atoms with Gasteiger partial charge in [-0.05, 0) is 26.7 Å². The zero-order valence-electron chi connectivity index (χ0n) is 10.2. The van der Waals surface area contributed by atoms with Crippen LogP contribution >= 0.6 is 0 Å². The largest absolute Gasteiger partial charge is 0.392 e. The Labute approximate surface area is 101 Å². The van der Waals surface area contributed by atoms with Crippen molar-refractivity contribution in [2.24, 2.45) is 10.8 Å². The van der Waals surface area contributed by atoms with Gasteiger partial charge >= 0.3 is 11.9 Å². The molecule has 0 N–H and O–H groups in total. The quantitative estimate of drug-likeness (QED) is 0.476. The van der Waals surface area contributed by atoms with Crippen LogP contribution < -0.4 is 0 Å². The van der Waals surface area contributed by atoms with Gasteiger partial charge < -0.3 is 4.74 Å². The summed E-state index contributed by atoms with van der Waals surface area (Å²) in [4.78, 5) is 24.2. The molecule has 3 nitrogen and oxygen atoms in total. The van der Waals surface area contributed by atoms with Crippen molar-refractivity contribution in [2.45, 2.75) is 39.5 Å². The molecule has 0 aromatic rings. The molecule has 1 heterocycles. The number of rotatable bonds is 0. The number of carbonyl (C=O) groups excluding carboxylic acids is 2. The first-order chi connectivity index (χ1) is 8.02. The number of allylic oxidation sites excluding steroid dienone is 2. The number of cyclic esters (lactones) is 2. The van der Waals surface area contributed by atoms with Crippen molar-refractivity contribution in [3.63, 3.8) is 0 Å². The van der Waals surface area contributed by atoms with Gasteiger partial charge in [0.25, 0.3) is 0 Å². The Hall–Kier alpha value is -1.38. The molecule has 17 heavy (non-hydrogen) atoms. The van der Waals surface area contributed by atoms with Crippen LogP contribution in [0.1, 0.15) is 39.5 Å². The van der Waals surface area contributed by atoms with Crippen LogP contribution in [-0.4, -0.2) is 11.9 Å². The summed E-state index contributed by atoms with van der Waals surface area (Å²) in [6.45, 7) is 3.99. The van der Waals surface area contributed by atoms with Crippen molar-refractivity contribution < 1.29 is 14.3 Å². The summed E-state index contributed by atoms with van der Waals surface area (Å²) in [5.41, 5.74) is 0.779. The van der Waals surface area contributed by atoms with Crippen molar-refractivity contribution in [2.75, 3.05) is 0 Å². The maximum Gasteiger partial charge on any atom is 0.325 e. The summed E-state index contributed by atoms with van der Waals surface area (Å²) in [6.07, 6.45) is 7.41. The highest BCUT2D eigenvalue weighted by molar-refractivity contribution is 6.05. The fourth-order valence-corrected chi connectivity index (χ4v) is 3.58. The van der Waals surface area contributed by atoms with Gasteiger partial charge in [-0.3, -0.25) is 9.59 Å². The lowest BCUT2D eigenvalue weighted by molar-refractivity contribution is -0.155. The van der Waals surface area contributed by atoms with Gasteiger partial charge in [-0.15, -0.1) is 0 Å². The fraction of sp³-hybridized carbons (Fsp3) is 0.571. The molecule has 0 amide bonds.